The Morgan fingerprint density at radius 3 is 2.70 bits per heavy atom. The normalized spacial score (nSPS) is 35.8. The van der Waals surface area contributed by atoms with Gasteiger partial charge in [0, 0.05) is 31.3 Å². The van der Waals surface area contributed by atoms with Gasteiger partial charge in [-0.2, -0.15) is 0 Å². The summed E-state index contributed by atoms with van der Waals surface area (Å²) in [6.45, 7) is 10.5. The van der Waals surface area contributed by atoms with Crippen LogP contribution < -0.4 is 0 Å². The van der Waals surface area contributed by atoms with Gasteiger partial charge in [-0.25, -0.2) is 4.79 Å². The number of hydrogen-bond acceptors (Lipinski definition) is 6. The van der Waals surface area contributed by atoms with E-state index in [4.69, 9.17) is 18.5 Å². The van der Waals surface area contributed by atoms with Gasteiger partial charge in [0.15, 0.2) is 5.72 Å². The van der Waals surface area contributed by atoms with Gasteiger partial charge in [0.2, 0.25) is 5.91 Å². The Morgan fingerprint density at radius 1 is 1.23 bits per heavy atom. The number of para-hydroxylation sites is 1. The maximum absolute atomic E-state index is 13.9. The van der Waals surface area contributed by atoms with E-state index in [0.717, 1.165) is 42.2 Å². The smallest absolute Gasteiger partial charge is 0.464 e. The molecular formula is C31H39BN2O6. The third-order valence-electron chi connectivity index (χ3n) is 11.3. The maximum atomic E-state index is 13.9. The zero-order valence-corrected chi connectivity index (χ0v) is 23.9. The molecule has 8 rings (SSSR count). The second-order valence-corrected chi connectivity index (χ2v) is 13.4. The van der Waals surface area contributed by atoms with Crippen molar-refractivity contribution in [3.8, 4) is 0 Å². The minimum atomic E-state index is -0.920. The van der Waals surface area contributed by atoms with Crippen LogP contribution in [0.3, 0.4) is 0 Å². The zero-order valence-electron chi connectivity index (χ0n) is 23.9. The third-order valence-corrected chi connectivity index (χ3v) is 11.3. The average molecular weight is 546 g/mol. The van der Waals surface area contributed by atoms with Crippen molar-refractivity contribution in [3.05, 3.63) is 48.7 Å². The van der Waals surface area contributed by atoms with Crippen LogP contribution in [-0.4, -0.2) is 65.4 Å². The van der Waals surface area contributed by atoms with Crippen LogP contribution in [0.5, 0.6) is 0 Å². The lowest BCUT2D eigenvalue weighted by Gasteiger charge is -2.64. The van der Waals surface area contributed by atoms with Crippen molar-refractivity contribution in [1.29, 1.82) is 0 Å². The second-order valence-electron chi connectivity index (χ2n) is 13.4. The number of ether oxygens (including phenoxy) is 1. The van der Waals surface area contributed by atoms with Crippen molar-refractivity contribution < 1.29 is 28.1 Å². The summed E-state index contributed by atoms with van der Waals surface area (Å²) in [4.78, 5) is 30.0. The van der Waals surface area contributed by atoms with Crippen LogP contribution in [0.15, 0.2) is 47.6 Å². The van der Waals surface area contributed by atoms with E-state index in [-0.39, 0.29) is 23.5 Å². The van der Waals surface area contributed by atoms with E-state index in [2.05, 4.69) is 27.4 Å². The van der Waals surface area contributed by atoms with Crippen molar-refractivity contribution in [2.75, 3.05) is 7.05 Å². The number of rotatable bonds is 6. The van der Waals surface area contributed by atoms with Crippen LogP contribution in [0.2, 0.25) is 0 Å². The van der Waals surface area contributed by atoms with E-state index in [1.54, 1.807) is 23.1 Å². The molecule has 3 aliphatic carbocycles. The maximum Gasteiger partial charge on any atom is 0.482 e. The van der Waals surface area contributed by atoms with Gasteiger partial charge in [-0.15, -0.1) is 0 Å². The molecule has 1 aromatic carbocycles. The molecule has 1 aromatic heterocycles. The molecule has 4 heterocycles. The Morgan fingerprint density at radius 2 is 1.98 bits per heavy atom. The molecule has 8 nitrogen and oxygen atoms in total. The van der Waals surface area contributed by atoms with Gasteiger partial charge in [0.25, 0.3) is 0 Å². The van der Waals surface area contributed by atoms with Gasteiger partial charge >= 0.3 is 13.2 Å². The van der Waals surface area contributed by atoms with Crippen LogP contribution in [0.4, 0.5) is 4.79 Å². The first kappa shape index (κ1) is 26.1. The molecule has 2 amide bonds. The van der Waals surface area contributed by atoms with Crippen LogP contribution in [0, 0.1) is 17.3 Å². The number of amides is 2. The Bertz CT molecular complexity index is 1360. The average Bonchev–Trinajstić information content (AvgIpc) is 3.69. The van der Waals surface area contributed by atoms with Crippen molar-refractivity contribution in [3.63, 3.8) is 0 Å². The van der Waals surface area contributed by atoms with Crippen molar-refractivity contribution in [1.82, 2.24) is 9.80 Å². The van der Waals surface area contributed by atoms with Gasteiger partial charge in [-0.05, 0) is 74.0 Å². The fourth-order valence-corrected chi connectivity index (χ4v) is 8.78. The standard InChI is InChI=1S/C31H39BN2O6/c1-6-27(35)34-21-11-13-31(34,14-12-21)38-28(36)33(5)26(15-19-18-37-23-10-8-7-9-22(19)23)32-39-25-17-20-16-24(29(20,2)3)30(25,4)40-32/h6-10,18,20-21,24-26H,1,11-17H2,2-5H3/t20-,21?,24-,25+,26-,30-,31?/m0/s1. The minimum Gasteiger partial charge on any atom is -0.464 e. The Labute approximate surface area is 236 Å². The Kier molecular flexibility index (Phi) is 5.79. The fraction of sp³-hybridized carbons (Fsp3) is 0.613. The van der Waals surface area contributed by atoms with E-state index in [9.17, 15) is 9.59 Å². The SMILES string of the molecule is C=CC(=O)N1C2CCC1(OC(=O)N(C)[C@@H](Cc1coc3ccccc13)B1O[C@@H]3C[C@@H]4C[C@@H](C4(C)C)[C@]3(C)O1)CC2. The molecule has 212 valence electrons. The van der Waals surface area contributed by atoms with E-state index in [1.807, 2.05) is 24.3 Å². The monoisotopic (exact) mass is 546 g/mol. The molecule has 5 atom stereocenters. The lowest BCUT2D eigenvalue weighted by molar-refractivity contribution is -0.199. The lowest BCUT2D eigenvalue weighted by atomic mass is 9.43. The summed E-state index contributed by atoms with van der Waals surface area (Å²) in [6, 6.07) is 8.01. The number of carbonyl (C=O) groups excluding carboxylic acids is 2. The first-order chi connectivity index (χ1) is 19.1. The molecule has 40 heavy (non-hydrogen) atoms. The van der Waals surface area contributed by atoms with Crippen molar-refractivity contribution in [2.45, 2.75) is 95.1 Å². The van der Waals surface area contributed by atoms with E-state index in [0.29, 0.717) is 31.1 Å². The van der Waals surface area contributed by atoms with Crippen LogP contribution in [0.1, 0.15) is 64.9 Å². The van der Waals surface area contributed by atoms with Gasteiger partial charge < -0.3 is 23.4 Å². The number of furan rings is 1. The molecule has 2 aromatic rings. The lowest BCUT2D eigenvalue weighted by Crippen LogP contribution is -2.65. The number of carbonyl (C=O) groups is 2. The van der Waals surface area contributed by atoms with Gasteiger partial charge in [-0.1, -0.05) is 38.6 Å². The predicted molar refractivity (Wildman–Crippen MR) is 150 cm³/mol. The highest BCUT2D eigenvalue weighted by atomic mass is 16.7. The van der Waals surface area contributed by atoms with Crippen LogP contribution >= 0.6 is 0 Å². The highest BCUT2D eigenvalue weighted by molar-refractivity contribution is 6.48. The molecule has 3 saturated carbocycles. The summed E-state index contributed by atoms with van der Waals surface area (Å²) >= 11 is 0. The Balaban J connectivity index is 1.18. The predicted octanol–water partition coefficient (Wildman–Crippen LogP) is 5.35. The largest absolute Gasteiger partial charge is 0.482 e. The number of benzene rings is 1. The summed E-state index contributed by atoms with van der Waals surface area (Å²) in [5.41, 5.74) is 0.683. The molecule has 6 fully saturated rings. The zero-order chi connectivity index (χ0) is 28.0. The molecule has 0 spiro atoms. The quantitative estimate of drug-likeness (QED) is 0.359. The van der Waals surface area contributed by atoms with Crippen molar-refractivity contribution in [2.24, 2.45) is 17.3 Å². The number of hydrogen-bond donors (Lipinski definition) is 0. The van der Waals surface area contributed by atoms with Crippen molar-refractivity contribution >= 4 is 30.1 Å². The van der Waals surface area contributed by atoms with E-state index >= 15 is 0 Å². The number of likely N-dealkylation sites (N-methyl/N-ethyl adjacent to an activating group) is 1. The number of fused-ring (bicyclic) bond motifs is 3. The van der Waals surface area contributed by atoms with Gasteiger partial charge in [0.05, 0.1) is 23.9 Å². The van der Waals surface area contributed by atoms with Gasteiger partial charge in [-0.3, -0.25) is 9.69 Å². The summed E-state index contributed by atoms with van der Waals surface area (Å²) < 4.78 is 25.6. The molecule has 4 bridgehead atoms. The minimum absolute atomic E-state index is 0.00740. The highest BCUT2D eigenvalue weighted by Gasteiger charge is 2.69. The summed E-state index contributed by atoms with van der Waals surface area (Å²) in [5, 5.41) is 1.01. The molecule has 3 aliphatic heterocycles. The van der Waals surface area contributed by atoms with E-state index < -0.39 is 30.5 Å². The van der Waals surface area contributed by atoms with E-state index in [1.165, 1.54) is 6.08 Å². The first-order valence-electron chi connectivity index (χ1n) is 14.8. The first-order valence-corrected chi connectivity index (χ1v) is 14.8. The summed E-state index contributed by atoms with van der Waals surface area (Å²) in [6.07, 6.45) is 8.15. The molecular weight excluding hydrogens is 507 g/mol. The molecule has 0 unspecified atom stereocenters. The summed E-state index contributed by atoms with van der Waals surface area (Å²) in [5.74, 6) is 0.405. The molecule has 6 aliphatic rings. The van der Waals surface area contributed by atoms with Crippen LogP contribution in [-0.2, 0) is 25.3 Å². The number of nitrogens with zero attached hydrogens (tertiary/aromatic N) is 2. The molecule has 3 saturated heterocycles. The Hall–Kier alpha value is -2.78. The fourth-order valence-electron chi connectivity index (χ4n) is 8.78. The topological polar surface area (TPSA) is 81.5 Å². The third kappa shape index (κ3) is 3.59. The molecule has 0 N–H and O–H groups in total. The molecule has 0 radical (unpaired) electrons. The second kappa shape index (κ2) is 8.86. The van der Waals surface area contributed by atoms with Gasteiger partial charge in [0.1, 0.15) is 5.58 Å². The highest BCUT2D eigenvalue weighted by Crippen LogP contribution is 2.66. The molecule has 9 heteroatoms. The van der Waals surface area contributed by atoms with Crippen LogP contribution in [0.25, 0.3) is 11.0 Å². The summed E-state index contributed by atoms with van der Waals surface area (Å²) in [7, 11) is 1.15.